The predicted octanol–water partition coefficient (Wildman–Crippen LogP) is 2.29. The van der Waals surface area contributed by atoms with Gasteiger partial charge in [0.2, 0.25) is 5.91 Å². The van der Waals surface area contributed by atoms with E-state index in [4.69, 9.17) is 4.74 Å². The number of amides is 1. The van der Waals surface area contributed by atoms with E-state index < -0.39 is 0 Å². The fourth-order valence-electron chi connectivity index (χ4n) is 3.11. The summed E-state index contributed by atoms with van der Waals surface area (Å²) in [5.41, 5.74) is 0.991. The first kappa shape index (κ1) is 15.3. The molecule has 1 N–H and O–H groups in total. The van der Waals surface area contributed by atoms with Gasteiger partial charge in [-0.3, -0.25) is 4.79 Å². The first-order valence-electron chi connectivity index (χ1n) is 8.52. The van der Waals surface area contributed by atoms with E-state index in [1.807, 2.05) is 13.0 Å². The molecule has 0 spiro atoms. The van der Waals surface area contributed by atoms with Crippen molar-refractivity contribution >= 4 is 11.7 Å². The molecule has 2 fully saturated rings. The molecule has 1 saturated carbocycles. The Morgan fingerprint density at radius 1 is 1.29 bits per heavy atom. The molecular weight excluding hydrogens is 306 g/mol. The Morgan fingerprint density at radius 2 is 2.08 bits per heavy atom. The number of carbonyl (C=O) groups is 1. The van der Waals surface area contributed by atoms with Crippen LogP contribution in [0.25, 0.3) is 5.95 Å². The van der Waals surface area contributed by atoms with E-state index in [2.05, 4.69) is 20.4 Å². The van der Waals surface area contributed by atoms with E-state index in [1.165, 1.54) is 0 Å². The molecule has 126 valence electrons. The van der Waals surface area contributed by atoms with Crippen LogP contribution in [0, 0.1) is 5.92 Å². The predicted molar refractivity (Wildman–Crippen MR) is 87.9 cm³/mol. The summed E-state index contributed by atoms with van der Waals surface area (Å²) in [5, 5.41) is 7.62. The first-order chi connectivity index (χ1) is 11.7. The van der Waals surface area contributed by atoms with Gasteiger partial charge >= 0.3 is 0 Å². The van der Waals surface area contributed by atoms with Crippen LogP contribution in [0.15, 0.2) is 24.5 Å². The van der Waals surface area contributed by atoms with Gasteiger partial charge in [0.25, 0.3) is 5.95 Å². The minimum absolute atomic E-state index is 0.0263. The van der Waals surface area contributed by atoms with Gasteiger partial charge in [0, 0.05) is 31.0 Å². The zero-order valence-electron chi connectivity index (χ0n) is 13.7. The van der Waals surface area contributed by atoms with Crippen LogP contribution in [0.2, 0.25) is 0 Å². The third-order valence-corrected chi connectivity index (χ3v) is 4.66. The lowest BCUT2D eigenvalue weighted by Crippen LogP contribution is -2.36. The van der Waals surface area contributed by atoms with Crippen molar-refractivity contribution in [1.82, 2.24) is 19.7 Å². The van der Waals surface area contributed by atoms with E-state index in [0.717, 1.165) is 38.0 Å². The van der Waals surface area contributed by atoms with E-state index >= 15 is 0 Å². The highest BCUT2D eigenvalue weighted by atomic mass is 16.5. The summed E-state index contributed by atoms with van der Waals surface area (Å²) in [6.07, 6.45) is 7.33. The monoisotopic (exact) mass is 327 g/mol. The second-order valence-corrected chi connectivity index (χ2v) is 6.50. The van der Waals surface area contributed by atoms with Crippen molar-refractivity contribution in [3.63, 3.8) is 0 Å². The summed E-state index contributed by atoms with van der Waals surface area (Å²) in [6.45, 7) is 2.68. The van der Waals surface area contributed by atoms with Crippen molar-refractivity contribution in [3.05, 3.63) is 30.2 Å². The van der Waals surface area contributed by atoms with Gasteiger partial charge in [-0.05, 0) is 38.7 Å². The SMILES string of the molecule is CC1OCCCC1C(=O)Nc1cc(C2CC2)nn1-c1ncccn1. The molecule has 1 aliphatic heterocycles. The molecule has 7 heteroatoms. The Balaban J connectivity index is 1.60. The van der Waals surface area contributed by atoms with E-state index in [-0.39, 0.29) is 17.9 Å². The molecule has 0 bridgehead atoms. The van der Waals surface area contributed by atoms with Gasteiger partial charge in [0.1, 0.15) is 5.82 Å². The molecule has 7 nitrogen and oxygen atoms in total. The van der Waals surface area contributed by atoms with Crippen LogP contribution in [-0.4, -0.2) is 38.4 Å². The van der Waals surface area contributed by atoms with Gasteiger partial charge in [0.05, 0.1) is 17.7 Å². The number of nitrogens with zero attached hydrogens (tertiary/aromatic N) is 4. The molecule has 24 heavy (non-hydrogen) atoms. The van der Waals surface area contributed by atoms with Gasteiger partial charge in [0.15, 0.2) is 0 Å². The van der Waals surface area contributed by atoms with Gasteiger partial charge in [-0.2, -0.15) is 9.78 Å². The summed E-state index contributed by atoms with van der Waals surface area (Å²) in [5.74, 6) is 1.42. The number of carbonyl (C=O) groups excluding carboxylic acids is 1. The molecule has 4 rings (SSSR count). The normalized spacial score (nSPS) is 23.9. The Hall–Kier alpha value is -2.28. The second kappa shape index (κ2) is 6.32. The number of anilines is 1. The van der Waals surface area contributed by atoms with Crippen molar-refractivity contribution in [2.45, 2.75) is 44.6 Å². The van der Waals surface area contributed by atoms with Crippen LogP contribution in [-0.2, 0) is 9.53 Å². The summed E-state index contributed by atoms with van der Waals surface area (Å²) in [4.78, 5) is 21.2. The maximum atomic E-state index is 12.7. The van der Waals surface area contributed by atoms with Crippen LogP contribution in [0.5, 0.6) is 0 Å². The number of hydrogen-bond donors (Lipinski definition) is 1. The van der Waals surface area contributed by atoms with Crippen LogP contribution >= 0.6 is 0 Å². The molecule has 0 aromatic carbocycles. The van der Waals surface area contributed by atoms with Crippen molar-refractivity contribution in [1.29, 1.82) is 0 Å². The maximum absolute atomic E-state index is 12.7. The number of ether oxygens (including phenoxy) is 1. The van der Waals surface area contributed by atoms with Crippen LogP contribution < -0.4 is 5.32 Å². The van der Waals surface area contributed by atoms with Crippen LogP contribution in [0.1, 0.15) is 44.2 Å². The average Bonchev–Trinajstić information content (AvgIpc) is 3.37. The van der Waals surface area contributed by atoms with E-state index in [9.17, 15) is 4.79 Å². The molecule has 0 radical (unpaired) electrons. The van der Waals surface area contributed by atoms with Gasteiger partial charge in [-0.1, -0.05) is 0 Å². The smallest absolute Gasteiger partial charge is 0.252 e. The third kappa shape index (κ3) is 3.03. The Morgan fingerprint density at radius 3 is 2.79 bits per heavy atom. The highest BCUT2D eigenvalue weighted by Crippen LogP contribution is 2.40. The lowest BCUT2D eigenvalue weighted by atomic mass is 9.94. The maximum Gasteiger partial charge on any atom is 0.252 e. The topological polar surface area (TPSA) is 81.9 Å². The highest BCUT2D eigenvalue weighted by molar-refractivity contribution is 5.92. The molecule has 3 heterocycles. The summed E-state index contributed by atoms with van der Waals surface area (Å²) >= 11 is 0. The molecular formula is C17H21N5O2. The third-order valence-electron chi connectivity index (χ3n) is 4.66. The number of hydrogen-bond acceptors (Lipinski definition) is 5. The minimum atomic E-state index is -0.136. The Bertz CT molecular complexity index is 726. The zero-order chi connectivity index (χ0) is 16.5. The Labute approximate surface area is 140 Å². The lowest BCUT2D eigenvalue weighted by Gasteiger charge is -2.27. The highest BCUT2D eigenvalue weighted by Gasteiger charge is 2.31. The number of aromatic nitrogens is 4. The van der Waals surface area contributed by atoms with Gasteiger partial charge in [-0.15, -0.1) is 0 Å². The molecule has 1 aliphatic carbocycles. The van der Waals surface area contributed by atoms with E-state index in [1.54, 1.807) is 23.1 Å². The molecule has 2 aromatic heterocycles. The molecule has 2 aliphatic rings. The standard InChI is InChI=1S/C17H21N5O2/c1-11-13(4-2-9-24-11)16(23)20-15-10-14(12-5-6-12)21-22(15)17-18-7-3-8-19-17/h3,7-8,10-13H,2,4-6,9H2,1H3,(H,20,23). The first-order valence-corrected chi connectivity index (χ1v) is 8.52. The second-order valence-electron chi connectivity index (χ2n) is 6.50. The number of rotatable bonds is 4. The van der Waals surface area contributed by atoms with Gasteiger partial charge in [-0.25, -0.2) is 9.97 Å². The van der Waals surface area contributed by atoms with E-state index in [0.29, 0.717) is 17.7 Å². The molecule has 1 saturated heterocycles. The van der Waals surface area contributed by atoms with Crippen molar-refractivity contribution in [3.8, 4) is 5.95 Å². The summed E-state index contributed by atoms with van der Waals surface area (Å²) in [6, 6.07) is 3.70. The fraction of sp³-hybridized carbons (Fsp3) is 0.529. The fourth-order valence-corrected chi connectivity index (χ4v) is 3.11. The molecule has 1 amide bonds. The summed E-state index contributed by atoms with van der Waals surface area (Å²) < 4.78 is 7.23. The quantitative estimate of drug-likeness (QED) is 0.932. The number of nitrogens with one attached hydrogen (secondary N) is 1. The van der Waals surface area contributed by atoms with Gasteiger partial charge < -0.3 is 10.1 Å². The van der Waals surface area contributed by atoms with Crippen LogP contribution in [0.4, 0.5) is 5.82 Å². The molecule has 2 unspecified atom stereocenters. The lowest BCUT2D eigenvalue weighted by molar-refractivity contribution is -0.127. The van der Waals surface area contributed by atoms with Crippen molar-refractivity contribution < 1.29 is 9.53 Å². The largest absolute Gasteiger partial charge is 0.378 e. The van der Waals surface area contributed by atoms with Crippen LogP contribution in [0.3, 0.4) is 0 Å². The average molecular weight is 327 g/mol. The van der Waals surface area contributed by atoms with Crippen molar-refractivity contribution in [2.75, 3.05) is 11.9 Å². The minimum Gasteiger partial charge on any atom is -0.378 e. The Kier molecular flexibility index (Phi) is 4.02. The summed E-state index contributed by atoms with van der Waals surface area (Å²) in [7, 11) is 0. The van der Waals surface area contributed by atoms with Crippen molar-refractivity contribution in [2.24, 2.45) is 5.92 Å². The zero-order valence-corrected chi connectivity index (χ0v) is 13.7. The molecule has 2 atom stereocenters. The molecule has 2 aromatic rings.